The molecule has 6 nitrogen and oxygen atoms in total. The van der Waals surface area contributed by atoms with Gasteiger partial charge in [0.25, 0.3) is 5.91 Å². The van der Waals surface area contributed by atoms with E-state index in [1.165, 1.54) is 0 Å². The van der Waals surface area contributed by atoms with Crippen LogP contribution < -0.4 is 14.9 Å². The molecule has 0 spiro atoms. The third kappa shape index (κ3) is 6.16. The third-order valence-electron chi connectivity index (χ3n) is 6.42. The zero-order valence-electron chi connectivity index (χ0n) is 22.2. The SMILES string of the molecule is COc1cc(/C=N/NC(=O)c2ccc(-n3c(C)ccc3-c3ccccc3)cc2)c(Br)cc1OCc1ccccc1. The van der Waals surface area contributed by atoms with Crippen LogP contribution in [0.4, 0.5) is 0 Å². The minimum absolute atomic E-state index is 0.304. The van der Waals surface area contributed by atoms with Gasteiger partial charge in [-0.05, 0) is 82.5 Å². The average molecular weight is 595 g/mol. The Labute approximate surface area is 242 Å². The fourth-order valence-electron chi connectivity index (χ4n) is 4.36. The zero-order chi connectivity index (χ0) is 27.9. The number of carbonyl (C=O) groups is 1. The minimum atomic E-state index is -0.304. The molecule has 0 fully saturated rings. The molecule has 200 valence electrons. The highest BCUT2D eigenvalue weighted by molar-refractivity contribution is 9.10. The molecule has 4 aromatic carbocycles. The number of amides is 1. The molecule has 0 unspecified atom stereocenters. The second kappa shape index (κ2) is 12.5. The number of halogens is 1. The average Bonchev–Trinajstić information content (AvgIpc) is 3.39. The van der Waals surface area contributed by atoms with Crippen LogP contribution in [-0.2, 0) is 6.61 Å². The molecule has 1 N–H and O–H groups in total. The Morgan fingerprint density at radius 3 is 2.30 bits per heavy atom. The van der Waals surface area contributed by atoms with Crippen molar-refractivity contribution >= 4 is 28.1 Å². The van der Waals surface area contributed by atoms with Crippen molar-refractivity contribution in [3.05, 3.63) is 136 Å². The summed E-state index contributed by atoms with van der Waals surface area (Å²) in [5.41, 5.74) is 9.22. The van der Waals surface area contributed by atoms with E-state index in [2.05, 4.69) is 62.2 Å². The van der Waals surface area contributed by atoms with Crippen molar-refractivity contribution in [1.82, 2.24) is 9.99 Å². The molecule has 1 aromatic heterocycles. The van der Waals surface area contributed by atoms with Gasteiger partial charge in [-0.3, -0.25) is 4.79 Å². The van der Waals surface area contributed by atoms with E-state index >= 15 is 0 Å². The fraction of sp³-hybridized carbons (Fsp3) is 0.0909. The summed E-state index contributed by atoms with van der Waals surface area (Å²) in [5, 5.41) is 4.16. The van der Waals surface area contributed by atoms with Gasteiger partial charge in [0.2, 0.25) is 0 Å². The van der Waals surface area contributed by atoms with Gasteiger partial charge in [-0.25, -0.2) is 5.43 Å². The molecule has 1 heterocycles. The number of carbonyl (C=O) groups excluding carboxylic acids is 1. The quantitative estimate of drug-likeness (QED) is 0.142. The molecular weight excluding hydrogens is 566 g/mol. The van der Waals surface area contributed by atoms with Crippen LogP contribution in [-0.4, -0.2) is 23.8 Å². The topological polar surface area (TPSA) is 64.8 Å². The number of methoxy groups -OCH3 is 1. The first-order valence-corrected chi connectivity index (χ1v) is 13.5. The number of rotatable bonds is 9. The number of hydrazone groups is 1. The molecule has 0 aliphatic heterocycles. The summed E-state index contributed by atoms with van der Waals surface area (Å²) in [6.07, 6.45) is 1.56. The Morgan fingerprint density at radius 1 is 0.900 bits per heavy atom. The van der Waals surface area contributed by atoms with Crippen LogP contribution in [0.15, 0.2) is 119 Å². The van der Waals surface area contributed by atoms with Crippen molar-refractivity contribution in [2.75, 3.05) is 7.11 Å². The number of aryl methyl sites for hydroxylation is 1. The maximum atomic E-state index is 12.8. The van der Waals surface area contributed by atoms with Crippen LogP contribution in [0.25, 0.3) is 16.9 Å². The lowest BCUT2D eigenvalue weighted by Gasteiger charge is -2.13. The highest BCUT2D eigenvalue weighted by Gasteiger charge is 2.12. The lowest BCUT2D eigenvalue weighted by molar-refractivity contribution is 0.0955. The van der Waals surface area contributed by atoms with E-state index in [4.69, 9.17) is 9.47 Å². The lowest BCUT2D eigenvalue weighted by atomic mass is 10.1. The maximum Gasteiger partial charge on any atom is 0.271 e. The minimum Gasteiger partial charge on any atom is -0.493 e. The summed E-state index contributed by atoms with van der Waals surface area (Å²) >= 11 is 3.56. The first-order chi connectivity index (χ1) is 19.5. The van der Waals surface area contributed by atoms with Gasteiger partial charge >= 0.3 is 0 Å². The second-order valence-electron chi connectivity index (χ2n) is 9.11. The Hall–Kier alpha value is -4.62. The molecule has 5 rings (SSSR count). The van der Waals surface area contributed by atoms with Gasteiger partial charge in [0.1, 0.15) is 6.61 Å². The van der Waals surface area contributed by atoms with Crippen molar-refractivity contribution < 1.29 is 14.3 Å². The third-order valence-corrected chi connectivity index (χ3v) is 7.11. The van der Waals surface area contributed by atoms with Crippen LogP contribution in [0, 0.1) is 6.92 Å². The van der Waals surface area contributed by atoms with Crippen LogP contribution in [0.1, 0.15) is 27.2 Å². The second-order valence-corrected chi connectivity index (χ2v) is 9.96. The normalized spacial score (nSPS) is 11.0. The van der Waals surface area contributed by atoms with Gasteiger partial charge in [0.05, 0.1) is 19.0 Å². The van der Waals surface area contributed by atoms with Crippen LogP contribution in [0.2, 0.25) is 0 Å². The van der Waals surface area contributed by atoms with E-state index in [1.54, 1.807) is 31.5 Å². The van der Waals surface area contributed by atoms with E-state index in [-0.39, 0.29) is 5.91 Å². The van der Waals surface area contributed by atoms with Gasteiger partial charge in [0, 0.05) is 27.0 Å². The summed E-state index contributed by atoms with van der Waals surface area (Å²) in [6, 6.07) is 35.5. The maximum absolute atomic E-state index is 12.8. The smallest absolute Gasteiger partial charge is 0.271 e. The largest absolute Gasteiger partial charge is 0.493 e. The first-order valence-electron chi connectivity index (χ1n) is 12.8. The van der Waals surface area contributed by atoms with Crippen molar-refractivity contribution in [2.45, 2.75) is 13.5 Å². The number of hydrogen-bond acceptors (Lipinski definition) is 4. The van der Waals surface area contributed by atoms with Gasteiger partial charge in [0.15, 0.2) is 11.5 Å². The molecule has 1 amide bonds. The molecule has 0 atom stereocenters. The summed E-state index contributed by atoms with van der Waals surface area (Å²) < 4.78 is 14.4. The molecule has 0 saturated carbocycles. The predicted octanol–water partition coefficient (Wildman–Crippen LogP) is 7.57. The van der Waals surface area contributed by atoms with Crippen LogP contribution >= 0.6 is 15.9 Å². The summed E-state index contributed by atoms with van der Waals surface area (Å²) in [7, 11) is 1.59. The molecule has 7 heteroatoms. The Kier molecular flexibility index (Phi) is 8.42. The molecule has 0 aliphatic rings. The molecule has 0 aliphatic carbocycles. The van der Waals surface area contributed by atoms with E-state index in [1.807, 2.05) is 66.7 Å². The van der Waals surface area contributed by atoms with Gasteiger partial charge in [-0.1, -0.05) is 60.7 Å². The number of hydrogen-bond donors (Lipinski definition) is 1. The molecular formula is C33H28BrN3O3. The van der Waals surface area contributed by atoms with Gasteiger partial charge < -0.3 is 14.0 Å². The van der Waals surface area contributed by atoms with Gasteiger partial charge in [-0.2, -0.15) is 5.10 Å². The van der Waals surface area contributed by atoms with E-state index in [0.29, 0.717) is 23.7 Å². The summed E-state index contributed by atoms with van der Waals surface area (Å²) in [6.45, 7) is 2.49. The van der Waals surface area contributed by atoms with Crippen LogP contribution in [0.5, 0.6) is 11.5 Å². The Morgan fingerprint density at radius 2 is 1.60 bits per heavy atom. The Balaban J connectivity index is 1.26. The van der Waals surface area contributed by atoms with E-state index in [9.17, 15) is 4.79 Å². The molecule has 0 saturated heterocycles. The molecule has 0 bridgehead atoms. The van der Waals surface area contributed by atoms with E-state index in [0.717, 1.165) is 38.2 Å². The van der Waals surface area contributed by atoms with Crippen molar-refractivity contribution in [3.8, 4) is 28.4 Å². The number of ether oxygens (including phenoxy) is 2. The highest BCUT2D eigenvalue weighted by Crippen LogP contribution is 2.33. The van der Waals surface area contributed by atoms with Crippen molar-refractivity contribution in [1.29, 1.82) is 0 Å². The van der Waals surface area contributed by atoms with E-state index < -0.39 is 0 Å². The fourth-order valence-corrected chi connectivity index (χ4v) is 4.78. The van der Waals surface area contributed by atoms with Crippen molar-refractivity contribution in [3.63, 3.8) is 0 Å². The predicted molar refractivity (Wildman–Crippen MR) is 162 cm³/mol. The summed E-state index contributed by atoms with van der Waals surface area (Å²) in [4.78, 5) is 12.8. The van der Waals surface area contributed by atoms with Gasteiger partial charge in [-0.15, -0.1) is 0 Å². The number of nitrogens with one attached hydrogen (secondary N) is 1. The van der Waals surface area contributed by atoms with Crippen LogP contribution in [0.3, 0.4) is 0 Å². The monoisotopic (exact) mass is 593 g/mol. The molecule has 0 radical (unpaired) electrons. The molecule has 40 heavy (non-hydrogen) atoms. The zero-order valence-corrected chi connectivity index (χ0v) is 23.8. The summed E-state index contributed by atoms with van der Waals surface area (Å²) in [5.74, 6) is 0.867. The number of benzene rings is 4. The number of aromatic nitrogens is 1. The number of nitrogens with zero attached hydrogens (tertiary/aromatic N) is 2. The lowest BCUT2D eigenvalue weighted by Crippen LogP contribution is -2.17. The van der Waals surface area contributed by atoms with Crippen molar-refractivity contribution in [2.24, 2.45) is 5.10 Å². The Bertz CT molecular complexity index is 1630. The highest BCUT2D eigenvalue weighted by atomic mass is 79.9. The molecule has 5 aromatic rings. The first kappa shape index (κ1) is 27.0. The standard InChI is InChI=1S/C33H28BrN3O3/c1-23-13-18-30(25-11-7-4-8-12-25)37(23)28-16-14-26(15-17-28)33(38)36-35-21-27-19-31(39-2)32(20-29(27)34)40-22-24-9-5-3-6-10-24/h3-21H,22H2,1-2H3,(H,36,38)/b35-21+.